The predicted octanol–water partition coefficient (Wildman–Crippen LogP) is 3.58. The van der Waals surface area contributed by atoms with Crippen LogP contribution in [0.5, 0.6) is 0 Å². The topological polar surface area (TPSA) is 18.5 Å². The Labute approximate surface area is 118 Å². The molecule has 1 aliphatic carbocycles. The summed E-state index contributed by atoms with van der Waals surface area (Å²) in [7, 11) is 0. The molecule has 3 unspecified atom stereocenters. The number of ether oxygens (including phenoxy) is 2. The van der Waals surface area contributed by atoms with Crippen LogP contribution in [0, 0.1) is 0 Å². The molecule has 0 N–H and O–H groups in total. The Morgan fingerprint density at radius 1 is 1.22 bits per heavy atom. The van der Waals surface area contributed by atoms with Crippen LogP contribution in [0.4, 0.5) is 0 Å². The van der Waals surface area contributed by atoms with Gasteiger partial charge in [-0.25, -0.2) is 0 Å². The molecule has 0 amide bonds. The second-order valence-electron chi connectivity index (χ2n) is 4.67. The van der Waals surface area contributed by atoms with E-state index in [9.17, 15) is 0 Å². The van der Waals surface area contributed by atoms with Gasteiger partial charge in [-0.15, -0.1) is 0 Å². The van der Waals surface area contributed by atoms with Crippen LogP contribution < -0.4 is 0 Å². The van der Waals surface area contributed by atoms with Gasteiger partial charge >= 0.3 is 0 Å². The summed E-state index contributed by atoms with van der Waals surface area (Å²) in [6, 6.07) is 10.6. The maximum atomic E-state index is 5.88. The summed E-state index contributed by atoms with van der Waals surface area (Å²) < 4.78 is 11.5. The van der Waals surface area contributed by atoms with Crippen molar-refractivity contribution in [3.8, 4) is 0 Å². The number of alkyl halides is 1. The molecule has 18 heavy (non-hydrogen) atoms. The van der Waals surface area contributed by atoms with E-state index in [1.807, 2.05) is 6.92 Å². The lowest BCUT2D eigenvalue weighted by molar-refractivity contribution is -0.118. The molecule has 0 saturated heterocycles. The van der Waals surface area contributed by atoms with E-state index in [1.54, 1.807) is 0 Å². The highest BCUT2D eigenvalue weighted by Crippen LogP contribution is 2.33. The van der Waals surface area contributed by atoms with Crippen LogP contribution in [0.1, 0.15) is 25.3 Å². The van der Waals surface area contributed by atoms with Crippen molar-refractivity contribution in [3.63, 3.8) is 0 Å². The summed E-state index contributed by atoms with van der Waals surface area (Å²) in [5, 5.41) is 0. The van der Waals surface area contributed by atoms with Crippen LogP contribution in [0.2, 0.25) is 0 Å². The van der Waals surface area contributed by atoms with Gasteiger partial charge in [0.05, 0.1) is 12.2 Å². The van der Waals surface area contributed by atoms with Crippen LogP contribution in [-0.4, -0.2) is 30.2 Å². The van der Waals surface area contributed by atoms with E-state index in [0.717, 1.165) is 32.5 Å². The first-order valence-electron chi connectivity index (χ1n) is 6.72. The van der Waals surface area contributed by atoms with E-state index in [-0.39, 0.29) is 12.2 Å². The normalized spacial score (nSPS) is 26.9. The molecular formula is C15H21BrO2. The Balaban J connectivity index is 1.61. The van der Waals surface area contributed by atoms with Gasteiger partial charge in [-0.3, -0.25) is 0 Å². The van der Waals surface area contributed by atoms with Crippen LogP contribution in [0.15, 0.2) is 30.3 Å². The van der Waals surface area contributed by atoms with Gasteiger partial charge in [0.15, 0.2) is 0 Å². The molecule has 1 aliphatic rings. The van der Waals surface area contributed by atoms with Crippen molar-refractivity contribution in [1.82, 2.24) is 0 Å². The van der Waals surface area contributed by atoms with Crippen LogP contribution in [0.25, 0.3) is 0 Å². The second-order valence-corrected chi connectivity index (χ2v) is 5.85. The van der Waals surface area contributed by atoms with Crippen molar-refractivity contribution in [3.05, 3.63) is 35.9 Å². The number of benzene rings is 1. The van der Waals surface area contributed by atoms with E-state index >= 15 is 0 Å². The lowest BCUT2D eigenvalue weighted by Gasteiger charge is -2.40. The zero-order valence-electron chi connectivity index (χ0n) is 10.8. The molecule has 0 heterocycles. The number of aryl methyl sites for hydroxylation is 1. The largest absolute Gasteiger partial charge is 0.375 e. The minimum absolute atomic E-state index is 0.242. The molecule has 1 aromatic carbocycles. The van der Waals surface area contributed by atoms with Crippen molar-refractivity contribution in [2.45, 2.75) is 43.2 Å². The van der Waals surface area contributed by atoms with Gasteiger partial charge in [0.1, 0.15) is 0 Å². The Hall–Kier alpha value is -0.380. The van der Waals surface area contributed by atoms with Gasteiger partial charge in [-0.2, -0.15) is 0 Å². The lowest BCUT2D eigenvalue weighted by atomic mass is 9.91. The van der Waals surface area contributed by atoms with Gasteiger partial charge in [0, 0.05) is 18.0 Å². The number of hydrogen-bond donors (Lipinski definition) is 0. The fourth-order valence-electron chi connectivity index (χ4n) is 2.25. The van der Waals surface area contributed by atoms with E-state index < -0.39 is 0 Å². The smallest absolute Gasteiger partial charge is 0.0962 e. The predicted molar refractivity (Wildman–Crippen MR) is 77.2 cm³/mol. The van der Waals surface area contributed by atoms with Gasteiger partial charge in [0.2, 0.25) is 0 Å². The summed E-state index contributed by atoms with van der Waals surface area (Å²) in [6.07, 6.45) is 3.75. The molecule has 2 rings (SSSR count). The first kappa shape index (κ1) is 14.0. The molecule has 1 fully saturated rings. The lowest BCUT2D eigenvalue weighted by Crippen LogP contribution is -2.50. The minimum atomic E-state index is 0.242. The number of hydrogen-bond acceptors (Lipinski definition) is 2. The van der Waals surface area contributed by atoms with E-state index in [1.165, 1.54) is 5.56 Å². The standard InChI is InChI=1S/C15H21BrO2/c1-2-17-15-13(16)11-14(15)18-10-6-9-12-7-4-3-5-8-12/h3-5,7-8,13-15H,2,6,9-11H2,1H3. The van der Waals surface area contributed by atoms with Crippen LogP contribution in [0.3, 0.4) is 0 Å². The van der Waals surface area contributed by atoms with Crippen molar-refractivity contribution >= 4 is 15.9 Å². The molecule has 1 saturated carbocycles. The van der Waals surface area contributed by atoms with Crippen LogP contribution in [-0.2, 0) is 15.9 Å². The molecule has 0 bridgehead atoms. The van der Waals surface area contributed by atoms with Gasteiger partial charge in [-0.05, 0) is 31.7 Å². The molecule has 0 spiro atoms. The fourth-order valence-corrected chi connectivity index (χ4v) is 3.11. The summed E-state index contributed by atoms with van der Waals surface area (Å²) in [5.41, 5.74) is 1.38. The average molecular weight is 313 g/mol. The highest BCUT2D eigenvalue weighted by Gasteiger charge is 2.40. The Kier molecular flexibility index (Phi) is 5.67. The molecule has 0 aromatic heterocycles. The summed E-state index contributed by atoms with van der Waals surface area (Å²) in [4.78, 5) is 0.469. The molecule has 100 valence electrons. The Bertz CT molecular complexity index is 342. The molecular weight excluding hydrogens is 292 g/mol. The maximum absolute atomic E-state index is 5.88. The van der Waals surface area contributed by atoms with Crippen LogP contribution >= 0.6 is 15.9 Å². The van der Waals surface area contributed by atoms with Crippen molar-refractivity contribution in [1.29, 1.82) is 0 Å². The molecule has 3 heteroatoms. The fraction of sp³-hybridized carbons (Fsp3) is 0.600. The molecule has 3 atom stereocenters. The molecule has 0 aliphatic heterocycles. The molecule has 1 aromatic rings. The summed E-state index contributed by atoms with van der Waals surface area (Å²) in [6.45, 7) is 3.62. The second kappa shape index (κ2) is 7.27. The first-order chi connectivity index (χ1) is 8.81. The highest BCUT2D eigenvalue weighted by molar-refractivity contribution is 9.09. The third-order valence-corrected chi connectivity index (χ3v) is 4.22. The molecule has 2 nitrogen and oxygen atoms in total. The third-order valence-electron chi connectivity index (χ3n) is 3.32. The van der Waals surface area contributed by atoms with Gasteiger partial charge < -0.3 is 9.47 Å². The zero-order chi connectivity index (χ0) is 12.8. The molecule has 0 radical (unpaired) electrons. The van der Waals surface area contributed by atoms with E-state index in [2.05, 4.69) is 46.3 Å². The monoisotopic (exact) mass is 312 g/mol. The van der Waals surface area contributed by atoms with Crippen molar-refractivity contribution in [2.24, 2.45) is 0 Å². The van der Waals surface area contributed by atoms with Gasteiger partial charge in [-0.1, -0.05) is 46.3 Å². The van der Waals surface area contributed by atoms with Gasteiger partial charge in [0.25, 0.3) is 0 Å². The highest BCUT2D eigenvalue weighted by atomic mass is 79.9. The van der Waals surface area contributed by atoms with Crippen molar-refractivity contribution in [2.75, 3.05) is 13.2 Å². The average Bonchev–Trinajstić information content (AvgIpc) is 2.41. The summed E-state index contributed by atoms with van der Waals surface area (Å²) in [5.74, 6) is 0. The quantitative estimate of drug-likeness (QED) is 0.566. The Morgan fingerprint density at radius 2 is 2.00 bits per heavy atom. The third kappa shape index (κ3) is 3.81. The number of rotatable bonds is 7. The maximum Gasteiger partial charge on any atom is 0.0962 e. The summed E-state index contributed by atoms with van der Waals surface area (Å²) >= 11 is 3.61. The number of halogens is 1. The SMILES string of the molecule is CCOC1C(Br)CC1OCCCc1ccccc1. The minimum Gasteiger partial charge on any atom is -0.375 e. The first-order valence-corrected chi connectivity index (χ1v) is 7.64. The Morgan fingerprint density at radius 3 is 2.67 bits per heavy atom. The van der Waals surface area contributed by atoms with E-state index in [4.69, 9.17) is 9.47 Å². The zero-order valence-corrected chi connectivity index (χ0v) is 12.4. The van der Waals surface area contributed by atoms with Crippen molar-refractivity contribution < 1.29 is 9.47 Å². The van der Waals surface area contributed by atoms with E-state index in [0.29, 0.717) is 4.83 Å².